The Kier molecular flexibility index (Phi) is 5.88. The number of carbonyl (C=O) groups excluding carboxylic acids is 2. The Morgan fingerprint density at radius 2 is 1.80 bits per heavy atom. The lowest BCUT2D eigenvalue weighted by molar-refractivity contribution is -0.136. The summed E-state index contributed by atoms with van der Waals surface area (Å²) in [6.07, 6.45) is 4.34. The number of nitrogens with zero attached hydrogens (tertiary/aromatic N) is 2. The molecule has 30 heavy (non-hydrogen) atoms. The Bertz CT molecular complexity index is 936. The van der Waals surface area contributed by atoms with Gasteiger partial charge in [-0.05, 0) is 44.1 Å². The van der Waals surface area contributed by atoms with E-state index < -0.39 is 11.5 Å². The average Bonchev–Trinajstić information content (AvgIpc) is 2.95. The maximum atomic E-state index is 13.4. The first kappa shape index (κ1) is 20.6. The fourth-order valence-corrected chi connectivity index (χ4v) is 4.43. The van der Waals surface area contributed by atoms with E-state index in [1.807, 2.05) is 12.1 Å². The SMILES string of the molecule is COc1cccc(C(=O)C[C@]2(O)C(=O)N(CN3CCCCCC3)c3ccccc32)c1. The highest BCUT2D eigenvalue weighted by Gasteiger charge is 2.51. The van der Waals surface area contributed by atoms with Crippen molar-refractivity contribution < 1.29 is 19.4 Å². The Balaban J connectivity index is 1.60. The van der Waals surface area contributed by atoms with Crippen molar-refractivity contribution in [3.05, 3.63) is 59.7 Å². The van der Waals surface area contributed by atoms with E-state index in [2.05, 4.69) is 4.90 Å². The first-order chi connectivity index (χ1) is 14.5. The molecule has 2 aliphatic rings. The zero-order valence-corrected chi connectivity index (χ0v) is 17.3. The molecule has 6 heteroatoms. The summed E-state index contributed by atoms with van der Waals surface area (Å²) in [5.41, 5.74) is -0.254. The van der Waals surface area contributed by atoms with E-state index in [9.17, 15) is 14.7 Å². The van der Waals surface area contributed by atoms with Crippen LogP contribution in [0.5, 0.6) is 5.75 Å². The van der Waals surface area contributed by atoms with Gasteiger partial charge in [-0.25, -0.2) is 0 Å². The maximum absolute atomic E-state index is 13.4. The van der Waals surface area contributed by atoms with Crippen molar-refractivity contribution in [3.63, 3.8) is 0 Å². The lowest BCUT2D eigenvalue weighted by Gasteiger charge is -2.28. The predicted octanol–water partition coefficient (Wildman–Crippen LogP) is 3.34. The molecule has 2 aromatic carbocycles. The number of para-hydroxylation sites is 1. The predicted molar refractivity (Wildman–Crippen MR) is 115 cm³/mol. The number of methoxy groups -OCH3 is 1. The van der Waals surface area contributed by atoms with E-state index >= 15 is 0 Å². The van der Waals surface area contributed by atoms with Gasteiger partial charge in [0.25, 0.3) is 5.91 Å². The van der Waals surface area contributed by atoms with Crippen LogP contribution in [0.1, 0.15) is 48.0 Å². The number of benzene rings is 2. The van der Waals surface area contributed by atoms with Gasteiger partial charge in [0, 0.05) is 11.1 Å². The third-order valence-electron chi connectivity index (χ3n) is 6.09. The van der Waals surface area contributed by atoms with Crippen LogP contribution in [-0.2, 0) is 10.4 Å². The fraction of sp³-hybridized carbons (Fsp3) is 0.417. The minimum Gasteiger partial charge on any atom is -0.497 e. The molecule has 2 heterocycles. The van der Waals surface area contributed by atoms with Gasteiger partial charge in [-0.1, -0.05) is 43.2 Å². The summed E-state index contributed by atoms with van der Waals surface area (Å²) in [6, 6.07) is 14.0. The molecule has 1 N–H and O–H groups in total. The molecule has 6 nitrogen and oxygen atoms in total. The minimum absolute atomic E-state index is 0.295. The number of rotatable bonds is 6. The zero-order chi connectivity index (χ0) is 21.1. The standard InChI is InChI=1S/C24H28N2O4/c1-30-19-10-8-9-18(15-19)22(27)16-24(29)20-11-4-5-12-21(20)26(23(24)28)17-25-13-6-2-3-7-14-25/h4-5,8-12,15,29H,2-3,6-7,13-14,16-17H2,1H3/t24-/m1/s1. The van der Waals surface area contributed by atoms with Crippen molar-refractivity contribution in [2.24, 2.45) is 0 Å². The summed E-state index contributed by atoms with van der Waals surface area (Å²) in [5, 5.41) is 11.5. The molecule has 0 aliphatic carbocycles. The monoisotopic (exact) mass is 408 g/mol. The van der Waals surface area contributed by atoms with Crippen LogP contribution in [-0.4, -0.2) is 48.6 Å². The van der Waals surface area contributed by atoms with E-state index in [-0.39, 0.29) is 12.2 Å². The molecule has 1 amide bonds. The van der Waals surface area contributed by atoms with E-state index in [4.69, 9.17) is 4.74 Å². The molecular formula is C24H28N2O4. The Morgan fingerprint density at radius 1 is 1.07 bits per heavy atom. The summed E-state index contributed by atoms with van der Waals surface area (Å²) in [4.78, 5) is 30.3. The molecule has 0 bridgehead atoms. The quantitative estimate of drug-likeness (QED) is 0.743. The first-order valence-corrected chi connectivity index (χ1v) is 10.6. The van der Waals surface area contributed by atoms with Gasteiger partial charge in [-0.2, -0.15) is 0 Å². The highest BCUT2D eigenvalue weighted by molar-refractivity contribution is 6.10. The zero-order valence-electron chi connectivity index (χ0n) is 17.3. The van der Waals surface area contributed by atoms with Crippen LogP contribution in [0.25, 0.3) is 0 Å². The van der Waals surface area contributed by atoms with Gasteiger partial charge in [0.15, 0.2) is 11.4 Å². The van der Waals surface area contributed by atoms with Gasteiger partial charge in [0.1, 0.15) is 5.75 Å². The van der Waals surface area contributed by atoms with Crippen LogP contribution in [0.3, 0.4) is 0 Å². The summed E-state index contributed by atoms with van der Waals surface area (Å²) in [7, 11) is 1.54. The average molecular weight is 408 g/mol. The molecule has 2 aliphatic heterocycles. The maximum Gasteiger partial charge on any atom is 0.265 e. The van der Waals surface area contributed by atoms with Crippen LogP contribution in [0.15, 0.2) is 48.5 Å². The number of anilines is 1. The Hall–Kier alpha value is -2.70. The van der Waals surface area contributed by atoms with E-state index in [1.165, 1.54) is 20.0 Å². The topological polar surface area (TPSA) is 70.1 Å². The second-order valence-corrected chi connectivity index (χ2v) is 8.12. The molecule has 1 saturated heterocycles. The highest BCUT2D eigenvalue weighted by Crippen LogP contribution is 2.43. The van der Waals surface area contributed by atoms with Gasteiger partial charge in [-0.15, -0.1) is 0 Å². The van der Waals surface area contributed by atoms with Crippen LogP contribution in [0, 0.1) is 0 Å². The number of hydrogen-bond acceptors (Lipinski definition) is 5. The van der Waals surface area contributed by atoms with E-state index in [0.29, 0.717) is 29.2 Å². The van der Waals surface area contributed by atoms with Crippen LogP contribution < -0.4 is 9.64 Å². The first-order valence-electron chi connectivity index (χ1n) is 10.6. The number of aliphatic hydroxyl groups is 1. The van der Waals surface area contributed by atoms with Crippen molar-refractivity contribution in [3.8, 4) is 5.75 Å². The van der Waals surface area contributed by atoms with Crippen LogP contribution in [0.2, 0.25) is 0 Å². The van der Waals surface area contributed by atoms with Gasteiger partial charge >= 0.3 is 0 Å². The van der Waals surface area contributed by atoms with Gasteiger partial charge in [0.05, 0.1) is 25.9 Å². The number of carbonyl (C=O) groups is 2. The van der Waals surface area contributed by atoms with Gasteiger partial charge in [0.2, 0.25) is 0 Å². The van der Waals surface area contributed by atoms with Crippen LogP contribution >= 0.6 is 0 Å². The number of likely N-dealkylation sites (tertiary alicyclic amines) is 1. The molecule has 0 unspecified atom stereocenters. The number of Topliss-reactive ketones (excluding diaryl/α,β-unsaturated/α-hetero) is 1. The Morgan fingerprint density at radius 3 is 2.53 bits per heavy atom. The molecule has 2 aromatic rings. The molecule has 158 valence electrons. The van der Waals surface area contributed by atoms with Crippen molar-refractivity contribution in [1.82, 2.24) is 4.90 Å². The smallest absolute Gasteiger partial charge is 0.265 e. The molecule has 0 radical (unpaired) electrons. The largest absolute Gasteiger partial charge is 0.497 e. The lowest BCUT2D eigenvalue weighted by atomic mass is 9.88. The van der Waals surface area contributed by atoms with Crippen LogP contribution in [0.4, 0.5) is 5.69 Å². The second-order valence-electron chi connectivity index (χ2n) is 8.12. The summed E-state index contributed by atoms with van der Waals surface area (Å²) < 4.78 is 5.19. The molecule has 1 fully saturated rings. The number of ether oxygens (including phenoxy) is 1. The van der Waals surface area contributed by atoms with Gasteiger partial charge < -0.3 is 9.84 Å². The normalized spacial score (nSPS) is 21.9. The molecule has 1 atom stereocenters. The number of fused-ring (bicyclic) bond motifs is 1. The summed E-state index contributed by atoms with van der Waals surface area (Å²) >= 11 is 0. The fourth-order valence-electron chi connectivity index (χ4n) is 4.43. The molecular weight excluding hydrogens is 380 g/mol. The lowest BCUT2D eigenvalue weighted by Crippen LogP contribution is -2.46. The second kappa shape index (κ2) is 8.58. The van der Waals surface area contributed by atoms with E-state index in [1.54, 1.807) is 41.3 Å². The van der Waals surface area contributed by atoms with E-state index in [0.717, 1.165) is 25.9 Å². The van der Waals surface area contributed by atoms with Crippen molar-refractivity contribution in [2.75, 3.05) is 31.8 Å². The molecule has 4 rings (SSSR count). The number of amides is 1. The molecule has 0 saturated carbocycles. The van der Waals surface area contributed by atoms with Crippen molar-refractivity contribution in [2.45, 2.75) is 37.7 Å². The van der Waals surface area contributed by atoms with Gasteiger partial charge in [-0.3, -0.25) is 19.4 Å². The van der Waals surface area contributed by atoms with Crippen molar-refractivity contribution >= 4 is 17.4 Å². The summed E-state index contributed by atoms with van der Waals surface area (Å²) in [5.74, 6) is -0.158. The number of ketones is 1. The third-order valence-corrected chi connectivity index (χ3v) is 6.09. The minimum atomic E-state index is -1.86. The third kappa shape index (κ3) is 3.85. The molecule has 0 spiro atoms. The number of hydrogen-bond donors (Lipinski definition) is 1. The van der Waals surface area contributed by atoms with Crippen molar-refractivity contribution in [1.29, 1.82) is 0 Å². The Labute approximate surface area is 177 Å². The molecule has 0 aromatic heterocycles. The highest BCUT2D eigenvalue weighted by atomic mass is 16.5. The summed E-state index contributed by atoms with van der Waals surface area (Å²) in [6.45, 7) is 2.31.